The van der Waals surface area contributed by atoms with E-state index in [9.17, 15) is 8.78 Å². The summed E-state index contributed by atoms with van der Waals surface area (Å²) < 4.78 is 25.1. The highest BCUT2D eigenvalue weighted by Crippen LogP contribution is 2.30. The largest absolute Gasteiger partial charge is 0.390 e. The molecule has 1 aliphatic heterocycles. The van der Waals surface area contributed by atoms with Gasteiger partial charge in [-0.05, 0) is 12.1 Å². The van der Waals surface area contributed by atoms with Crippen molar-refractivity contribution in [3.63, 3.8) is 0 Å². The molecule has 76 valence electrons. The van der Waals surface area contributed by atoms with Crippen molar-refractivity contribution in [2.75, 3.05) is 18.0 Å². The van der Waals surface area contributed by atoms with Gasteiger partial charge in [-0.3, -0.25) is 0 Å². The number of rotatable bonds is 2. The maximum Gasteiger partial charge on any atom is 0.282 e. The van der Waals surface area contributed by atoms with Gasteiger partial charge in [-0.2, -0.15) is 0 Å². The SMILES string of the molecule is OCc1cccc(N2CC(F)(F)C2)n1. The zero-order chi connectivity index (χ0) is 10.2. The highest BCUT2D eigenvalue weighted by Gasteiger charge is 2.44. The van der Waals surface area contributed by atoms with Crippen molar-refractivity contribution in [3.8, 4) is 0 Å². The van der Waals surface area contributed by atoms with Gasteiger partial charge in [-0.15, -0.1) is 0 Å². The standard InChI is InChI=1S/C9H10F2N2O/c10-9(11)5-13(6-9)8-3-1-2-7(4-14)12-8/h1-3,14H,4-6H2. The highest BCUT2D eigenvalue weighted by molar-refractivity contribution is 5.43. The van der Waals surface area contributed by atoms with Crippen LogP contribution < -0.4 is 4.90 Å². The fourth-order valence-electron chi connectivity index (χ4n) is 1.41. The molecule has 0 aliphatic carbocycles. The number of hydrogen-bond acceptors (Lipinski definition) is 3. The number of aliphatic hydroxyl groups excluding tert-OH is 1. The summed E-state index contributed by atoms with van der Waals surface area (Å²) in [5.74, 6) is -2.08. The Morgan fingerprint density at radius 1 is 1.43 bits per heavy atom. The van der Waals surface area contributed by atoms with Gasteiger partial charge in [0.2, 0.25) is 0 Å². The van der Waals surface area contributed by atoms with Gasteiger partial charge < -0.3 is 10.0 Å². The number of alkyl halides is 2. The van der Waals surface area contributed by atoms with Gasteiger partial charge in [-0.1, -0.05) is 6.07 Å². The summed E-state index contributed by atoms with van der Waals surface area (Å²) in [6.07, 6.45) is 0. The molecule has 14 heavy (non-hydrogen) atoms. The van der Waals surface area contributed by atoms with Crippen molar-refractivity contribution in [2.45, 2.75) is 12.5 Å². The van der Waals surface area contributed by atoms with Crippen LogP contribution in [0, 0.1) is 0 Å². The molecule has 0 unspecified atom stereocenters. The van der Waals surface area contributed by atoms with Crippen molar-refractivity contribution in [1.82, 2.24) is 4.98 Å². The molecule has 0 saturated carbocycles. The predicted octanol–water partition coefficient (Wildman–Crippen LogP) is 1.03. The second-order valence-corrected chi connectivity index (χ2v) is 3.36. The Bertz CT molecular complexity index is 335. The first kappa shape index (κ1) is 9.33. The van der Waals surface area contributed by atoms with Crippen LogP contribution in [0.3, 0.4) is 0 Å². The fourth-order valence-corrected chi connectivity index (χ4v) is 1.41. The second-order valence-electron chi connectivity index (χ2n) is 3.36. The third kappa shape index (κ3) is 1.68. The quantitative estimate of drug-likeness (QED) is 0.774. The first-order valence-corrected chi connectivity index (χ1v) is 4.30. The van der Waals surface area contributed by atoms with E-state index in [0.717, 1.165) is 0 Å². The van der Waals surface area contributed by atoms with E-state index in [4.69, 9.17) is 5.11 Å². The molecule has 2 heterocycles. The number of aromatic nitrogens is 1. The number of halogens is 2. The van der Waals surface area contributed by atoms with E-state index < -0.39 is 5.92 Å². The maximum atomic E-state index is 12.5. The normalized spacial score (nSPS) is 19.2. The van der Waals surface area contributed by atoms with Gasteiger partial charge in [0, 0.05) is 0 Å². The topological polar surface area (TPSA) is 36.4 Å². The smallest absolute Gasteiger partial charge is 0.282 e. The average Bonchev–Trinajstić information content (AvgIpc) is 2.14. The zero-order valence-electron chi connectivity index (χ0n) is 7.45. The molecule has 1 fully saturated rings. The average molecular weight is 200 g/mol. The summed E-state index contributed by atoms with van der Waals surface area (Å²) in [4.78, 5) is 5.51. The van der Waals surface area contributed by atoms with Crippen LogP contribution in [0.5, 0.6) is 0 Å². The molecular weight excluding hydrogens is 190 g/mol. The Labute approximate surface area is 80.0 Å². The molecule has 5 heteroatoms. The molecule has 0 radical (unpaired) electrons. The fraction of sp³-hybridized carbons (Fsp3) is 0.444. The number of anilines is 1. The van der Waals surface area contributed by atoms with Crippen LogP contribution in [0.1, 0.15) is 5.69 Å². The Morgan fingerprint density at radius 3 is 2.71 bits per heavy atom. The maximum absolute atomic E-state index is 12.5. The van der Waals surface area contributed by atoms with E-state index in [1.54, 1.807) is 18.2 Å². The van der Waals surface area contributed by atoms with E-state index in [2.05, 4.69) is 4.98 Å². The van der Waals surface area contributed by atoms with E-state index in [1.807, 2.05) is 0 Å². The van der Waals surface area contributed by atoms with Gasteiger partial charge in [0.1, 0.15) is 5.82 Å². The molecule has 1 aliphatic rings. The van der Waals surface area contributed by atoms with Crippen LogP contribution in [0.25, 0.3) is 0 Å². The summed E-state index contributed by atoms with van der Waals surface area (Å²) in [7, 11) is 0. The van der Waals surface area contributed by atoms with E-state index in [1.165, 1.54) is 4.90 Å². The minimum absolute atomic E-state index is 0.169. The van der Waals surface area contributed by atoms with Crippen molar-refractivity contribution >= 4 is 5.82 Å². The number of nitrogens with zero attached hydrogens (tertiary/aromatic N) is 2. The Morgan fingerprint density at radius 2 is 2.14 bits per heavy atom. The third-order valence-electron chi connectivity index (χ3n) is 2.12. The van der Waals surface area contributed by atoms with E-state index in [-0.39, 0.29) is 19.7 Å². The summed E-state index contributed by atoms with van der Waals surface area (Å²) in [5.41, 5.74) is 0.498. The van der Waals surface area contributed by atoms with Crippen molar-refractivity contribution < 1.29 is 13.9 Å². The minimum atomic E-state index is -2.59. The molecule has 0 amide bonds. The van der Waals surface area contributed by atoms with Gasteiger partial charge >= 0.3 is 0 Å². The van der Waals surface area contributed by atoms with Gasteiger partial charge in [0.15, 0.2) is 0 Å². The first-order valence-electron chi connectivity index (χ1n) is 4.30. The van der Waals surface area contributed by atoms with Crippen LogP contribution in [-0.2, 0) is 6.61 Å². The molecule has 0 atom stereocenters. The summed E-state index contributed by atoms with van der Waals surface area (Å²) >= 11 is 0. The van der Waals surface area contributed by atoms with Crippen molar-refractivity contribution in [2.24, 2.45) is 0 Å². The first-order chi connectivity index (χ1) is 6.61. The van der Waals surface area contributed by atoms with Crippen molar-refractivity contribution in [1.29, 1.82) is 0 Å². The third-order valence-corrected chi connectivity index (χ3v) is 2.12. The van der Waals surface area contributed by atoms with Crippen LogP contribution in [-0.4, -0.2) is 29.1 Å². The Balaban J connectivity index is 2.11. The van der Waals surface area contributed by atoms with Crippen LogP contribution in [0.2, 0.25) is 0 Å². The predicted molar refractivity (Wildman–Crippen MR) is 47.3 cm³/mol. The van der Waals surface area contributed by atoms with Gasteiger partial charge in [0.25, 0.3) is 5.92 Å². The molecule has 0 spiro atoms. The molecule has 0 bridgehead atoms. The summed E-state index contributed by atoms with van der Waals surface area (Å²) in [5, 5.41) is 8.81. The highest BCUT2D eigenvalue weighted by atomic mass is 19.3. The minimum Gasteiger partial charge on any atom is -0.390 e. The number of aliphatic hydroxyl groups is 1. The lowest BCUT2D eigenvalue weighted by Crippen LogP contribution is -2.56. The van der Waals surface area contributed by atoms with Crippen LogP contribution in [0.15, 0.2) is 18.2 Å². The monoisotopic (exact) mass is 200 g/mol. The lowest BCUT2D eigenvalue weighted by atomic mass is 10.1. The molecular formula is C9H10F2N2O. The Kier molecular flexibility index (Phi) is 2.11. The summed E-state index contributed by atoms with van der Waals surface area (Å²) in [6.45, 7) is -0.734. The van der Waals surface area contributed by atoms with Gasteiger partial charge in [-0.25, -0.2) is 13.8 Å². The van der Waals surface area contributed by atoms with E-state index in [0.29, 0.717) is 11.5 Å². The molecule has 1 N–H and O–H groups in total. The van der Waals surface area contributed by atoms with Crippen molar-refractivity contribution in [3.05, 3.63) is 23.9 Å². The summed E-state index contributed by atoms with van der Waals surface area (Å²) in [6, 6.07) is 5.01. The molecule has 2 rings (SSSR count). The molecule has 1 saturated heterocycles. The Hall–Kier alpha value is -1.23. The number of pyridine rings is 1. The number of hydrogen-bond donors (Lipinski definition) is 1. The van der Waals surface area contributed by atoms with E-state index >= 15 is 0 Å². The molecule has 1 aromatic heterocycles. The lowest BCUT2D eigenvalue weighted by molar-refractivity contribution is -0.0267. The lowest BCUT2D eigenvalue weighted by Gasteiger charge is -2.39. The van der Waals surface area contributed by atoms with Crippen LogP contribution in [0.4, 0.5) is 14.6 Å². The second kappa shape index (κ2) is 3.16. The molecule has 3 nitrogen and oxygen atoms in total. The zero-order valence-corrected chi connectivity index (χ0v) is 7.45. The molecule has 0 aromatic carbocycles. The molecule has 1 aromatic rings. The van der Waals surface area contributed by atoms with Crippen LogP contribution >= 0.6 is 0 Å². The van der Waals surface area contributed by atoms with Gasteiger partial charge in [0.05, 0.1) is 25.4 Å².